The van der Waals surface area contributed by atoms with Gasteiger partial charge >= 0.3 is 0 Å². The van der Waals surface area contributed by atoms with Gasteiger partial charge in [-0.25, -0.2) is 4.68 Å². The molecule has 25 heavy (non-hydrogen) atoms. The minimum Gasteiger partial charge on any atom is -0.497 e. The largest absolute Gasteiger partial charge is 0.497 e. The molecule has 1 aliphatic heterocycles. The van der Waals surface area contributed by atoms with Crippen molar-refractivity contribution in [1.82, 2.24) is 25.2 Å². The number of carbonyl (C=O) groups excluding carboxylic acids is 1. The number of rotatable bonds is 5. The Kier molecular flexibility index (Phi) is 6.39. The molecule has 3 rings (SSSR count). The molecule has 1 saturated heterocycles. The van der Waals surface area contributed by atoms with Gasteiger partial charge in [0.25, 0.3) is 5.91 Å². The highest BCUT2D eigenvalue weighted by atomic mass is 35.5. The second kappa shape index (κ2) is 8.31. The molecule has 2 heterocycles. The van der Waals surface area contributed by atoms with E-state index in [0.717, 1.165) is 43.2 Å². The van der Waals surface area contributed by atoms with Crippen molar-refractivity contribution in [3.8, 4) is 11.4 Å². The standard InChI is InChI=1S/C17H23N5O2.ClH/c1-12-16(17(23)21-9-8-13(11-21)10-18-2)19-20-22(12)14-4-6-15(24-3)7-5-14;/h4-7,13,18H,8-11H2,1-3H3;1H. The molecule has 2 aromatic rings. The molecule has 0 aliphatic carbocycles. The van der Waals surface area contributed by atoms with Crippen LogP contribution in [0.25, 0.3) is 5.69 Å². The van der Waals surface area contributed by atoms with Crippen molar-refractivity contribution in [2.75, 3.05) is 33.8 Å². The lowest BCUT2D eigenvalue weighted by molar-refractivity contribution is 0.0780. The van der Waals surface area contributed by atoms with E-state index in [1.165, 1.54) is 0 Å². The van der Waals surface area contributed by atoms with E-state index >= 15 is 0 Å². The van der Waals surface area contributed by atoms with Gasteiger partial charge in [-0.15, -0.1) is 17.5 Å². The number of ether oxygens (including phenoxy) is 1. The third kappa shape index (κ3) is 3.93. The van der Waals surface area contributed by atoms with Crippen molar-refractivity contribution >= 4 is 18.3 Å². The van der Waals surface area contributed by atoms with Crippen molar-refractivity contribution in [1.29, 1.82) is 0 Å². The van der Waals surface area contributed by atoms with Crippen molar-refractivity contribution in [3.63, 3.8) is 0 Å². The molecule has 1 atom stereocenters. The van der Waals surface area contributed by atoms with Crippen LogP contribution in [0.1, 0.15) is 22.6 Å². The van der Waals surface area contributed by atoms with Crippen LogP contribution in [-0.2, 0) is 0 Å². The fourth-order valence-corrected chi connectivity index (χ4v) is 3.12. The van der Waals surface area contributed by atoms with Crippen LogP contribution in [0, 0.1) is 12.8 Å². The van der Waals surface area contributed by atoms with E-state index in [1.54, 1.807) is 11.8 Å². The molecule has 8 heteroatoms. The molecule has 0 radical (unpaired) electrons. The second-order valence-corrected chi connectivity index (χ2v) is 6.10. The number of benzene rings is 1. The van der Waals surface area contributed by atoms with E-state index in [9.17, 15) is 4.79 Å². The van der Waals surface area contributed by atoms with Crippen molar-refractivity contribution in [2.24, 2.45) is 5.92 Å². The predicted octanol–water partition coefficient (Wildman–Crippen LogP) is 1.69. The van der Waals surface area contributed by atoms with Gasteiger partial charge in [0.2, 0.25) is 0 Å². The maximum atomic E-state index is 12.7. The Hall–Kier alpha value is -2.12. The second-order valence-electron chi connectivity index (χ2n) is 6.10. The number of carbonyl (C=O) groups is 1. The molecule has 1 amide bonds. The van der Waals surface area contributed by atoms with Gasteiger partial charge in [0, 0.05) is 13.1 Å². The molecular weight excluding hydrogens is 342 g/mol. The lowest BCUT2D eigenvalue weighted by Crippen LogP contribution is -2.31. The third-order valence-electron chi connectivity index (χ3n) is 4.48. The molecule has 1 N–H and O–H groups in total. The Bertz CT molecular complexity index is 716. The quantitative estimate of drug-likeness (QED) is 0.872. The number of nitrogens with zero attached hydrogens (tertiary/aromatic N) is 4. The Morgan fingerprint density at radius 3 is 2.72 bits per heavy atom. The van der Waals surface area contributed by atoms with Crippen LogP contribution in [0.3, 0.4) is 0 Å². The molecular formula is C17H24ClN5O2. The lowest BCUT2D eigenvalue weighted by Gasteiger charge is -2.15. The van der Waals surface area contributed by atoms with Crippen LogP contribution in [0.15, 0.2) is 24.3 Å². The Morgan fingerprint density at radius 1 is 1.36 bits per heavy atom. The zero-order valence-electron chi connectivity index (χ0n) is 14.7. The van der Waals surface area contributed by atoms with Gasteiger partial charge in [-0.2, -0.15) is 0 Å². The molecule has 0 saturated carbocycles. The zero-order chi connectivity index (χ0) is 17.1. The van der Waals surface area contributed by atoms with Crippen molar-refractivity contribution < 1.29 is 9.53 Å². The number of aromatic nitrogens is 3. The maximum absolute atomic E-state index is 12.7. The Labute approximate surface area is 153 Å². The summed E-state index contributed by atoms with van der Waals surface area (Å²) >= 11 is 0. The van der Waals surface area contributed by atoms with Crippen LogP contribution in [0.2, 0.25) is 0 Å². The number of amides is 1. The van der Waals surface area contributed by atoms with E-state index in [1.807, 2.05) is 43.1 Å². The average molecular weight is 366 g/mol. The van der Waals surface area contributed by atoms with Gasteiger partial charge in [-0.1, -0.05) is 5.21 Å². The smallest absolute Gasteiger partial charge is 0.276 e. The summed E-state index contributed by atoms with van der Waals surface area (Å²) in [5, 5.41) is 11.5. The summed E-state index contributed by atoms with van der Waals surface area (Å²) in [6.07, 6.45) is 1.03. The number of methoxy groups -OCH3 is 1. The van der Waals surface area contributed by atoms with Gasteiger partial charge in [0.05, 0.1) is 18.5 Å². The lowest BCUT2D eigenvalue weighted by atomic mass is 10.1. The first-order valence-electron chi connectivity index (χ1n) is 8.14. The van der Waals surface area contributed by atoms with Crippen molar-refractivity contribution in [2.45, 2.75) is 13.3 Å². The Morgan fingerprint density at radius 2 is 2.08 bits per heavy atom. The topological polar surface area (TPSA) is 72.3 Å². The number of hydrogen-bond acceptors (Lipinski definition) is 5. The molecule has 7 nitrogen and oxygen atoms in total. The van der Waals surface area contributed by atoms with E-state index in [4.69, 9.17) is 4.74 Å². The molecule has 136 valence electrons. The van der Waals surface area contributed by atoms with Gasteiger partial charge < -0.3 is 15.0 Å². The number of halogens is 1. The molecule has 1 fully saturated rings. The van der Waals surface area contributed by atoms with Crippen LogP contribution in [0.4, 0.5) is 0 Å². The highest BCUT2D eigenvalue weighted by Gasteiger charge is 2.29. The summed E-state index contributed by atoms with van der Waals surface area (Å²) in [6.45, 7) is 4.36. The fourth-order valence-electron chi connectivity index (χ4n) is 3.12. The summed E-state index contributed by atoms with van der Waals surface area (Å²) in [7, 11) is 3.57. The van der Waals surface area contributed by atoms with E-state index in [0.29, 0.717) is 11.6 Å². The third-order valence-corrected chi connectivity index (χ3v) is 4.48. The summed E-state index contributed by atoms with van der Waals surface area (Å²) < 4.78 is 6.85. The van der Waals surface area contributed by atoms with E-state index in [-0.39, 0.29) is 18.3 Å². The van der Waals surface area contributed by atoms with Crippen molar-refractivity contribution in [3.05, 3.63) is 35.7 Å². The predicted molar refractivity (Wildman–Crippen MR) is 97.8 cm³/mol. The monoisotopic (exact) mass is 365 g/mol. The maximum Gasteiger partial charge on any atom is 0.276 e. The minimum absolute atomic E-state index is 0. The van der Waals surface area contributed by atoms with Gasteiger partial charge in [-0.05, 0) is 57.1 Å². The van der Waals surface area contributed by atoms with Crippen LogP contribution in [-0.4, -0.2) is 59.6 Å². The fraction of sp³-hybridized carbons (Fsp3) is 0.471. The van der Waals surface area contributed by atoms with Crippen LogP contribution >= 0.6 is 12.4 Å². The van der Waals surface area contributed by atoms with Crippen LogP contribution < -0.4 is 10.1 Å². The Balaban J connectivity index is 0.00000225. The molecule has 1 unspecified atom stereocenters. The van der Waals surface area contributed by atoms with Gasteiger partial charge in [0.15, 0.2) is 5.69 Å². The molecule has 1 aromatic heterocycles. The first-order valence-corrected chi connectivity index (χ1v) is 8.14. The normalized spacial score (nSPS) is 16.6. The number of likely N-dealkylation sites (tertiary alicyclic amines) is 1. The van der Waals surface area contributed by atoms with E-state index in [2.05, 4.69) is 15.6 Å². The zero-order valence-corrected chi connectivity index (χ0v) is 15.5. The molecule has 1 aliphatic rings. The summed E-state index contributed by atoms with van der Waals surface area (Å²) in [5.74, 6) is 1.25. The van der Waals surface area contributed by atoms with Crippen LogP contribution in [0.5, 0.6) is 5.75 Å². The minimum atomic E-state index is -0.0362. The summed E-state index contributed by atoms with van der Waals surface area (Å²) in [4.78, 5) is 14.6. The number of hydrogen-bond donors (Lipinski definition) is 1. The molecule has 1 aromatic carbocycles. The van der Waals surface area contributed by atoms with Gasteiger partial charge in [-0.3, -0.25) is 4.79 Å². The highest BCUT2D eigenvalue weighted by Crippen LogP contribution is 2.21. The highest BCUT2D eigenvalue weighted by molar-refractivity contribution is 5.93. The summed E-state index contributed by atoms with van der Waals surface area (Å²) in [5.41, 5.74) is 2.03. The first-order chi connectivity index (χ1) is 11.6. The summed E-state index contributed by atoms with van der Waals surface area (Å²) in [6, 6.07) is 7.52. The average Bonchev–Trinajstić information content (AvgIpc) is 3.22. The molecule has 0 spiro atoms. The first kappa shape index (κ1) is 19.2. The SMILES string of the molecule is CNCC1CCN(C(=O)c2nnn(-c3ccc(OC)cc3)c2C)C1.Cl. The number of nitrogens with one attached hydrogen (secondary N) is 1. The van der Waals surface area contributed by atoms with Gasteiger partial charge in [0.1, 0.15) is 5.75 Å². The molecule has 0 bridgehead atoms. The van der Waals surface area contributed by atoms with E-state index < -0.39 is 0 Å².